The first-order chi connectivity index (χ1) is 23.2. The van der Waals surface area contributed by atoms with Gasteiger partial charge in [0.1, 0.15) is 22.8 Å². The van der Waals surface area contributed by atoms with E-state index in [1.54, 1.807) is 24.3 Å². The van der Waals surface area contributed by atoms with E-state index in [-0.39, 0.29) is 59.1 Å². The van der Waals surface area contributed by atoms with Crippen molar-refractivity contribution in [2.24, 2.45) is 5.41 Å². The van der Waals surface area contributed by atoms with Crippen LogP contribution in [0.1, 0.15) is 32.1 Å². The Kier molecular flexibility index (Phi) is 8.60. The number of fused-ring (bicyclic) bond motifs is 2. The van der Waals surface area contributed by atoms with Crippen LogP contribution in [0.3, 0.4) is 0 Å². The molecule has 13 heteroatoms. The number of halogens is 4. The molecule has 2 aromatic heterocycles. The van der Waals surface area contributed by atoms with Crippen LogP contribution in [0.2, 0.25) is 5.02 Å². The largest absolute Gasteiger partial charge is 0.463 e. The van der Waals surface area contributed by atoms with Crippen LogP contribution in [0, 0.1) is 28.4 Å². The highest BCUT2D eigenvalue weighted by Crippen LogP contribution is 2.47. The van der Waals surface area contributed by atoms with Crippen molar-refractivity contribution in [3.63, 3.8) is 0 Å². The van der Waals surface area contributed by atoms with Crippen molar-refractivity contribution in [1.82, 2.24) is 24.8 Å². The Morgan fingerprint density at radius 1 is 1.12 bits per heavy atom. The van der Waals surface area contributed by atoms with Crippen molar-refractivity contribution < 1.29 is 22.7 Å². The molecule has 1 amide bonds. The van der Waals surface area contributed by atoms with Gasteiger partial charge in [-0.1, -0.05) is 42.4 Å². The lowest BCUT2D eigenvalue weighted by atomic mass is 10.0. The number of aromatic nitrogens is 3. The molecule has 0 radical (unpaired) electrons. The molecule has 2 aliphatic heterocycles. The molecule has 1 unspecified atom stereocenters. The molecule has 3 aliphatic rings. The zero-order chi connectivity index (χ0) is 33.6. The van der Waals surface area contributed by atoms with Gasteiger partial charge in [-0.15, -0.1) is 0 Å². The first-order valence-electron chi connectivity index (χ1n) is 16.0. The molecule has 4 heterocycles. The molecule has 0 bridgehead atoms. The van der Waals surface area contributed by atoms with E-state index in [1.807, 2.05) is 4.90 Å². The van der Waals surface area contributed by atoms with Crippen molar-refractivity contribution in [3.8, 4) is 23.3 Å². The lowest BCUT2D eigenvalue weighted by Crippen LogP contribution is -2.55. The topological polar surface area (TPSA) is 98.5 Å². The average Bonchev–Trinajstić information content (AvgIpc) is 3.66. The first-order valence-corrected chi connectivity index (χ1v) is 16.4. The number of hydrogen-bond acceptors (Lipinski definition) is 8. The fourth-order valence-electron chi connectivity index (χ4n) is 6.93. The third-order valence-corrected chi connectivity index (χ3v) is 10.0. The van der Waals surface area contributed by atoms with E-state index in [0.717, 1.165) is 32.5 Å². The summed E-state index contributed by atoms with van der Waals surface area (Å²) >= 11 is 6.39. The number of carbonyl (C=O) groups excluding carboxylic acids is 1. The Hall–Kier alpha value is -4.47. The number of rotatable bonds is 9. The van der Waals surface area contributed by atoms with Crippen LogP contribution in [0.5, 0.6) is 6.01 Å². The van der Waals surface area contributed by atoms with Gasteiger partial charge >= 0.3 is 6.01 Å². The monoisotopic (exact) mass is 675 g/mol. The molecule has 1 aliphatic carbocycles. The van der Waals surface area contributed by atoms with E-state index < -0.39 is 29.4 Å². The van der Waals surface area contributed by atoms with E-state index >= 15 is 4.39 Å². The second-order valence-electron chi connectivity index (χ2n) is 12.9. The number of carbonyl (C=O) groups is 1. The molecule has 1 saturated carbocycles. The number of nitrogens with zero attached hydrogens (tertiary/aromatic N) is 7. The van der Waals surface area contributed by atoms with Crippen molar-refractivity contribution in [2.75, 3.05) is 50.8 Å². The molecular formula is C35H33ClF3N7O2. The molecule has 9 nitrogen and oxygen atoms in total. The highest BCUT2D eigenvalue weighted by atomic mass is 35.5. The summed E-state index contributed by atoms with van der Waals surface area (Å²) in [6.45, 7) is 6.97. The van der Waals surface area contributed by atoms with Crippen LogP contribution >= 0.6 is 11.6 Å². The Labute approximate surface area is 280 Å². The minimum absolute atomic E-state index is 0.0179. The molecule has 1 atom stereocenters. The Morgan fingerprint density at radius 3 is 2.65 bits per heavy atom. The van der Waals surface area contributed by atoms with E-state index in [1.165, 1.54) is 30.0 Å². The predicted octanol–water partition coefficient (Wildman–Crippen LogP) is 6.45. The Bertz CT molecular complexity index is 1980. The molecule has 7 rings (SSSR count). The van der Waals surface area contributed by atoms with Crippen molar-refractivity contribution in [2.45, 2.75) is 38.1 Å². The van der Waals surface area contributed by atoms with Crippen LogP contribution < -0.4 is 9.64 Å². The van der Waals surface area contributed by atoms with Crippen LogP contribution in [0.25, 0.3) is 32.9 Å². The number of benzene rings is 2. The van der Waals surface area contributed by atoms with E-state index in [9.17, 15) is 18.8 Å². The third-order valence-electron chi connectivity index (χ3n) is 9.66. The normalized spacial score (nSPS) is 19.1. The summed E-state index contributed by atoms with van der Waals surface area (Å²) in [7, 11) is 0. The van der Waals surface area contributed by atoms with E-state index in [4.69, 9.17) is 21.3 Å². The zero-order valence-electron chi connectivity index (χ0n) is 26.2. The Morgan fingerprint density at radius 2 is 1.92 bits per heavy atom. The number of hydrogen-bond donors (Lipinski definition) is 0. The SMILES string of the molecule is C=C(F)C(=O)N1CCN(c2nc(OCC3(CN4CCCC4)CC3)nc3c(F)c(-c4cccc5ccc(F)c(Cl)c45)ncc23)CC1CC#N. The summed E-state index contributed by atoms with van der Waals surface area (Å²) in [6, 6.07) is 9.31. The van der Waals surface area contributed by atoms with Crippen LogP contribution in [-0.4, -0.2) is 82.6 Å². The minimum Gasteiger partial charge on any atom is -0.463 e. The van der Waals surface area contributed by atoms with Crippen LogP contribution in [0.4, 0.5) is 19.0 Å². The third kappa shape index (κ3) is 6.01. The molecule has 0 spiro atoms. The van der Waals surface area contributed by atoms with Crippen LogP contribution in [-0.2, 0) is 4.79 Å². The van der Waals surface area contributed by atoms with Crippen molar-refractivity contribution in [1.29, 1.82) is 5.26 Å². The van der Waals surface area contributed by atoms with Crippen molar-refractivity contribution in [3.05, 3.63) is 65.6 Å². The first kappa shape index (κ1) is 32.1. The van der Waals surface area contributed by atoms with Crippen LogP contribution in [0.15, 0.2) is 48.9 Å². The van der Waals surface area contributed by atoms with Crippen molar-refractivity contribution >= 4 is 45.0 Å². The van der Waals surface area contributed by atoms with Gasteiger partial charge in [0.25, 0.3) is 5.91 Å². The van der Waals surface area contributed by atoms with E-state index in [2.05, 4.69) is 27.5 Å². The molecule has 2 aromatic carbocycles. The smallest absolute Gasteiger partial charge is 0.319 e. The molecule has 248 valence electrons. The van der Waals surface area contributed by atoms with Gasteiger partial charge in [-0.05, 0) is 50.2 Å². The standard InChI is InChI=1S/C35H33ClF3N7O2/c1-21(37)33(47)46-16-15-45(18-23(46)9-12-40)32-25-17-41-30(24-6-4-5-22-7-8-26(38)28(36)27(22)24)29(39)31(25)42-34(43-32)48-20-35(10-11-35)19-44-13-2-3-14-44/h4-8,17,23H,1-3,9-11,13-16,18-20H2. The zero-order valence-corrected chi connectivity index (χ0v) is 26.9. The summed E-state index contributed by atoms with van der Waals surface area (Å²) in [5.41, 5.74) is 0.159. The second kappa shape index (κ2) is 12.9. The summed E-state index contributed by atoms with van der Waals surface area (Å²) in [6.07, 6.45) is 5.78. The maximum atomic E-state index is 16.7. The number of amides is 1. The molecule has 3 fully saturated rings. The number of likely N-dealkylation sites (tertiary alicyclic amines) is 1. The number of nitriles is 1. The average molecular weight is 676 g/mol. The van der Waals surface area contributed by atoms with Gasteiger partial charge in [-0.25, -0.2) is 13.2 Å². The minimum atomic E-state index is -1.11. The molecule has 48 heavy (non-hydrogen) atoms. The summed E-state index contributed by atoms with van der Waals surface area (Å²) in [4.78, 5) is 31.8. The predicted molar refractivity (Wildman–Crippen MR) is 176 cm³/mol. The Balaban J connectivity index is 1.30. The van der Waals surface area contributed by atoms with Gasteiger partial charge < -0.3 is 19.4 Å². The maximum absolute atomic E-state index is 16.7. The molecule has 0 N–H and O–H groups in total. The molecule has 2 saturated heterocycles. The fourth-order valence-corrected chi connectivity index (χ4v) is 7.20. The van der Waals surface area contributed by atoms with Gasteiger partial charge in [-0.2, -0.15) is 15.2 Å². The molecular weight excluding hydrogens is 643 g/mol. The molecule has 4 aromatic rings. The summed E-state index contributed by atoms with van der Waals surface area (Å²) in [5.74, 6) is -3.06. The number of anilines is 1. The van der Waals surface area contributed by atoms with Gasteiger partial charge in [0, 0.05) is 48.7 Å². The van der Waals surface area contributed by atoms with E-state index in [0.29, 0.717) is 28.8 Å². The fraction of sp³-hybridized carbons (Fsp3) is 0.400. The number of piperazine rings is 1. The lowest BCUT2D eigenvalue weighted by molar-refractivity contribution is -0.131. The van der Waals surface area contributed by atoms with Gasteiger partial charge in [0.2, 0.25) is 0 Å². The van der Waals surface area contributed by atoms with Gasteiger partial charge in [0.05, 0.1) is 35.5 Å². The van der Waals surface area contributed by atoms with Gasteiger partial charge in [-0.3, -0.25) is 9.78 Å². The summed E-state index contributed by atoms with van der Waals surface area (Å²) < 4.78 is 51.4. The second-order valence-corrected chi connectivity index (χ2v) is 13.3. The number of ether oxygens (including phenoxy) is 1. The number of pyridine rings is 1. The summed E-state index contributed by atoms with van der Waals surface area (Å²) in [5, 5.41) is 10.6. The highest BCUT2D eigenvalue weighted by Gasteiger charge is 2.45. The highest BCUT2D eigenvalue weighted by molar-refractivity contribution is 6.36. The van der Waals surface area contributed by atoms with Gasteiger partial charge in [0.15, 0.2) is 11.6 Å². The lowest BCUT2D eigenvalue weighted by Gasteiger charge is -2.41. The quantitative estimate of drug-likeness (QED) is 0.187. The maximum Gasteiger partial charge on any atom is 0.319 e.